The minimum Gasteiger partial charge on any atom is -0.371 e. The predicted molar refractivity (Wildman–Crippen MR) is 106 cm³/mol. The molecule has 2 aromatic carbocycles. The summed E-state index contributed by atoms with van der Waals surface area (Å²) in [4.78, 5) is 25.0. The van der Waals surface area contributed by atoms with Crippen LogP contribution in [0.3, 0.4) is 0 Å². The summed E-state index contributed by atoms with van der Waals surface area (Å²) >= 11 is 5.81. The molecule has 3 rings (SSSR count). The van der Waals surface area contributed by atoms with Gasteiger partial charge in [0.1, 0.15) is 0 Å². The average Bonchev–Trinajstić information content (AvgIpc) is 2.69. The van der Waals surface area contributed by atoms with Crippen LogP contribution in [0, 0.1) is 10.1 Å². The first-order chi connectivity index (χ1) is 13.0. The molecule has 8 heteroatoms. The number of carbonyl (C=O) groups is 1. The van der Waals surface area contributed by atoms with Crippen LogP contribution in [-0.4, -0.2) is 30.1 Å². The number of hydrogen-bond donors (Lipinski definition) is 1. The van der Waals surface area contributed by atoms with Gasteiger partial charge in [-0.1, -0.05) is 11.6 Å². The zero-order valence-corrected chi connectivity index (χ0v) is 15.4. The van der Waals surface area contributed by atoms with E-state index in [0.29, 0.717) is 16.1 Å². The third-order valence-electron chi connectivity index (χ3n) is 4.39. The van der Waals surface area contributed by atoms with E-state index in [4.69, 9.17) is 11.6 Å². The zero-order chi connectivity index (χ0) is 19.2. The second kappa shape index (κ2) is 8.64. The van der Waals surface area contributed by atoms with Crippen molar-refractivity contribution in [3.8, 4) is 0 Å². The fourth-order valence-electron chi connectivity index (χ4n) is 3.01. The molecule has 1 fully saturated rings. The van der Waals surface area contributed by atoms with Crippen LogP contribution in [-0.2, 0) is 0 Å². The topological polar surface area (TPSA) is 87.8 Å². The number of hydrogen-bond acceptors (Lipinski definition) is 5. The first kappa shape index (κ1) is 18.8. The molecule has 1 amide bonds. The summed E-state index contributed by atoms with van der Waals surface area (Å²) in [5, 5.41) is 15.6. The summed E-state index contributed by atoms with van der Waals surface area (Å²) in [7, 11) is 0. The summed E-state index contributed by atoms with van der Waals surface area (Å²) in [5.74, 6) is -0.382. The van der Waals surface area contributed by atoms with Crippen LogP contribution in [0.1, 0.15) is 35.2 Å². The molecule has 0 unspecified atom stereocenters. The van der Waals surface area contributed by atoms with E-state index >= 15 is 0 Å². The van der Waals surface area contributed by atoms with E-state index in [1.165, 1.54) is 24.8 Å². The molecular formula is C19H19ClN4O3. The van der Waals surface area contributed by atoms with E-state index in [9.17, 15) is 14.9 Å². The van der Waals surface area contributed by atoms with Crippen LogP contribution in [0.25, 0.3) is 0 Å². The molecule has 1 N–H and O–H groups in total. The van der Waals surface area contributed by atoms with Gasteiger partial charge in [0.2, 0.25) is 0 Å². The number of halogens is 1. The lowest BCUT2D eigenvalue weighted by Gasteiger charge is -2.29. The molecular weight excluding hydrogens is 368 g/mol. The Labute approximate surface area is 161 Å². The predicted octanol–water partition coefficient (Wildman–Crippen LogP) is 4.00. The van der Waals surface area contributed by atoms with Gasteiger partial charge in [0.15, 0.2) is 0 Å². The molecule has 0 saturated carbocycles. The minimum atomic E-state index is -0.441. The van der Waals surface area contributed by atoms with E-state index < -0.39 is 4.92 Å². The standard InChI is InChI=1S/C19H19ClN4O3/c20-16-6-4-14(5-7-16)19(25)22-21-13-15-12-17(24(26)27)8-9-18(15)23-10-2-1-3-11-23/h4-9,12-13H,1-3,10-11H2,(H,22,25)/b21-13-. The van der Waals surface area contributed by atoms with Gasteiger partial charge in [0.05, 0.1) is 11.1 Å². The van der Waals surface area contributed by atoms with E-state index in [2.05, 4.69) is 15.4 Å². The molecule has 7 nitrogen and oxygen atoms in total. The van der Waals surface area contributed by atoms with E-state index in [-0.39, 0.29) is 11.6 Å². The number of piperidine rings is 1. The van der Waals surface area contributed by atoms with Crippen molar-refractivity contribution in [1.82, 2.24) is 5.43 Å². The van der Waals surface area contributed by atoms with Crippen molar-refractivity contribution in [3.63, 3.8) is 0 Å². The van der Waals surface area contributed by atoms with Crippen LogP contribution < -0.4 is 10.3 Å². The highest BCUT2D eigenvalue weighted by Gasteiger charge is 2.17. The molecule has 0 atom stereocenters. The van der Waals surface area contributed by atoms with Crippen LogP contribution in [0.2, 0.25) is 5.02 Å². The SMILES string of the molecule is O=C(N/N=C\c1cc([N+](=O)[O-])ccc1N1CCCCC1)c1ccc(Cl)cc1. The molecule has 0 radical (unpaired) electrons. The van der Waals surface area contributed by atoms with Gasteiger partial charge in [-0.25, -0.2) is 5.43 Å². The first-order valence-corrected chi connectivity index (χ1v) is 9.05. The molecule has 1 heterocycles. The number of non-ortho nitro benzene ring substituents is 1. The Hall–Kier alpha value is -2.93. The number of hydrazone groups is 1. The molecule has 0 aromatic heterocycles. The molecule has 0 aliphatic carbocycles. The van der Waals surface area contributed by atoms with Gasteiger partial charge in [-0.2, -0.15) is 5.10 Å². The Morgan fingerprint density at radius 3 is 2.52 bits per heavy atom. The lowest BCUT2D eigenvalue weighted by Crippen LogP contribution is -2.30. The Kier molecular flexibility index (Phi) is 6.03. The van der Waals surface area contributed by atoms with Gasteiger partial charge < -0.3 is 4.90 Å². The maximum absolute atomic E-state index is 12.1. The molecule has 140 valence electrons. The largest absolute Gasteiger partial charge is 0.371 e. The summed E-state index contributed by atoms with van der Waals surface area (Å²) in [5.41, 5.74) is 4.33. The van der Waals surface area contributed by atoms with Gasteiger partial charge in [-0.05, 0) is 49.6 Å². The average molecular weight is 387 g/mol. The van der Waals surface area contributed by atoms with Crippen molar-refractivity contribution in [2.24, 2.45) is 5.10 Å². The minimum absolute atomic E-state index is 0.0127. The number of amides is 1. The van der Waals surface area contributed by atoms with Crippen molar-refractivity contribution >= 4 is 35.1 Å². The lowest BCUT2D eigenvalue weighted by molar-refractivity contribution is -0.384. The Morgan fingerprint density at radius 1 is 1.15 bits per heavy atom. The zero-order valence-electron chi connectivity index (χ0n) is 14.6. The molecule has 27 heavy (non-hydrogen) atoms. The van der Waals surface area contributed by atoms with E-state index in [0.717, 1.165) is 31.6 Å². The van der Waals surface area contributed by atoms with Gasteiger partial charge in [-0.15, -0.1) is 0 Å². The normalized spacial score (nSPS) is 14.3. The Balaban J connectivity index is 1.79. The smallest absolute Gasteiger partial charge is 0.271 e. The highest BCUT2D eigenvalue weighted by Crippen LogP contribution is 2.26. The summed E-state index contributed by atoms with van der Waals surface area (Å²) in [6.07, 6.45) is 4.80. The van der Waals surface area contributed by atoms with Crippen LogP contribution in [0.15, 0.2) is 47.6 Å². The number of carbonyl (C=O) groups excluding carboxylic acids is 1. The second-order valence-electron chi connectivity index (χ2n) is 6.25. The molecule has 1 saturated heterocycles. The van der Waals surface area contributed by atoms with Crippen LogP contribution >= 0.6 is 11.6 Å². The number of nitro groups is 1. The van der Waals surface area contributed by atoms with E-state index in [1.54, 1.807) is 30.3 Å². The van der Waals surface area contributed by atoms with Crippen LogP contribution in [0.4, 0.5) is 11.4 Å². The highest BCUT2D eigenvalue weighted by molar-refractivity contribution is 6.30. The number of nitro benzene ring substituents is 1. The van der Waals surface area contributed by atoms with Gasteiger partial charge in [0.25, 0.3) is 11.6 Å². The van der Waals surface area contributed by atoms with E-state index in [1.807, 2.05) is 0 Å². The first-order valence-electron chi connectivity index (χ1n) is 8.67. The van der Waals surface area contributed by atoms with Gasteiger partial charge in [0, 0.05) is 47.1 Å². The summed E-state index contributed by atoms with van der Waals surface area (Å²) < 4.78 is 0. The Morgan fingerprint density at radius 2 is 1.85 bits per heavy atom. The van der Waals surface area contributed by atoms with Crippen molar-refractivity contribution in [2.45, 2.75) is 19.3 Å². The van der Waals surface area contributed by atoms with Crippen LogP contribution in [0.5, 0.6) is 0 Å². The monoisotopic (exact) mass is 386 g/mol. The highest BCUT2D eigenvalue weighted by atomic mass is 35.5. The third-order valence-corrected chi connectivity index (χ3v) is 4.65. The quantitative estimate of drug-likeness (QED) is 0.478. The molecule has 0 spiro atoms. The van der Waals surface area contributed by atoms with Gasteiger partial charge >= 0.3 is 0 Å². The Bertz CT molecular complexity index is 862. The molecule has 2 aromatic rings. The maximum atomic E-state index is 12.1. The summed E-state index contributed by atoms with van der Waals surface area (Å²) in [6, 6.07) is 11.1. The second-order valence-corrected chi connectivity index (χ2v) is 6.69. The lowest BCUT2D eigenvalue weighted by atomic mass is 10.1. The number of nitrogens with one attached hydrogen (secondary N) is 1. The van der Waals surface area contributed by atoms with Crippen molar-refractivity contribution in [1.29, 1.82) is 0 Å². The number of rotatable bonds is 5. The fourth-order valence-corrected chi connectivity index (χ4v) is 3.13. The third kappa shape index (κ3) is 4.83. The molecule has 1 aliphatic rings. The molecule has 0 bridgehead atoms. The molecule has 1 aliphatic heterocycles. The number of nitrogens with zero attached hydrogens (tertiary/aromatic N) is 3. The fraction of sp³-hybridized carbons (Fsp3) is 0.263. The van der Waals surface area contributed by atoms with Crippen molar-refractivity contribution in [2.75, 3.05) is 18.0 Å². The maximum Gasteiger partial charge on any atom is 0.271 e. The summed E-state index contributed by atoms with van der Waals surface area (Å²) in [6.45, 7) is 1.80. The van der Waals surface area contributed by atoms with Crippen molar-refractivity contribution in [3.05, 3.63) is 68.7 Å². The number of anilines is 1. The van der Waals surface area contributed by atoms with Gasteiger partial charge in [-0.3, -0.25) is 14.9 Å². The number of benzene rings is 2. The van der Waals surface area contributed by atoms with Crippen molar-refractivity contribution < 1.29 is 9.72 Å².